The molecule has 1 aliphatic heterocycles. The smallest absolute Gasteiger partial charge is 0.416 e. The number of ether oxygens (including phenoxy) is 1. The number of hydrogen-bond donors (Lipinski definition) is 1. The van der Waals surface area contributed by atoms with E-state index in [1.54, 1.807) is 25.1 Å². The number of rotatable bonds is 6. The highest BCUT2D eigenvalue weighted by Crippen LogP contribution is 2.42. The first-order valence-electron chi connectivity index (χ1n) is 10.9. The first-order chi connectivity index (χ1) is 17.1. The number of Topliss-reactive ketones (excluding diaryl/α,β-unsaturated/α-hetero) is 1. The topological polar surface area (TPSA) is 79.7 Å². The molecule has 1 unspecified atom stereocenters. The number of aliphatic hydroxyl groups is 1. The lowest BCUT2D eigenvalue weighted by atomic mass is 9.95. The first-order valence-corrected chi connectivity index (χ1v) is 11.3. The molecule has 3 aromatic rings. The highest BCUT2D eigenvalue weighted by Gasteiger charge is 2.46. The van der Waals surface area contributed by atoms with Gasteiger partial charge in [0.25, 0.3) is 11.7 Å². The summed E-state index contributed by atoms with van der Waals surface area (Å²) in [5.74, 6) is -2.08. The molecule has 1 aliphatic rings. The fourth-order valence-corrected chi connectivity index (χ4v) is 4.27. The Hall–Kier alpha value is -3.85. The third-order valence-electron chi connectivity index (χ3n) is 5.67. The Morgan fingerprint density at radius 2 is 1.83 bits per heavy atom. The molecule has 1 atom stereocenters. The summed E-state index contributed by atoms with van der Waals surface area (Å²) >= 11 is 6.30. The molecular formula is C26H20ClF3N2O4. The van der Waals surface area contributed by atoms with Gasteiger partial charge in [-0.05, 0) is 60.5 Å². The molecule has 1 saturated heterocycles. The number of alkyl halides is 3. The first kappa shape index (κ1) is 25.2. The molecule has 2 heterocycles. The number of nitrogens with zero attached hydrogens (tertiary/aromatic N) is 2. The van der Waals surface area contributed by atoms with Crippen LogP contribution < -0.4 is 4.74 Å². The van der Waals surface area contributed by atoms with Gasteiger partial charge < -0.3 is 14.7 Å². The lowest BCUT2D eigenvalue weighted by Gasteiger charge is -2.25. The fourth-order valence-electron chi connectivity index (χ4n) is 4.07. The van der Waals surface area contributed by atoms with Gasteiger partial charge in [0.1, 0.15) is 11.5 Å². The van der Waals surface area contributed by atoms with Crippen molar-refractivity contribution >= 4 is 29.1 Å². The SMILES string of the molecule is CCOc1ccc(Cl)c(/C(O)=C2\C(=O)C(=O)N(Cc3cccc(C(F)(F)F)c3)C2c2ccncc2)c1. The molecule has 0 saturated carbocycles. The summed E-state index contributed by atoms with van der Waals surface area (Å²) in [6.45, 7) is 1.82. The molecule has 1 amide bonds. The molecule has 186 valence electrons. The number of benzene rings is 2. The Morgan fingerprint density at radius 3 is 2.50 bits per heavy atom. The summed E-state index contributed by atoms with van der Waals surface area (Å²) in [6.07, 6.45) is -1.68. The Bertz CT molecular complexity index is 1340. The molecule has 10 heteroatoms. The van der Waals surface area contributed by atoms with Gasteiger partial charge in [0.15, 0.2) is 0 Å². The standard InChI is InChI=1S/C26H20ClF3N2O4/c1-2-36-18-6-7-20(27)19(13-18)23(33)21-22(16-8-10-31-11-9-16)32(25(35)24(21)34)14-15-4-3-5-17(12-15)26(28,29)30/h3-13,22,33H,2,14H2,1H3/b23-21+. The van der Waals surface area contributed by atoms with Gasteiger partial charge in [-0.25, -0.2) is 0 Å². The van der Waals surface area contributed by atoms with Crippen molar-refractivity contribution in [3.8, 4) is 5.75 Å². The van der Waals surface area contributed by atoms with Crippen molar-refractivity contribution in [2.24, 2.45) is 0 Å². The molecule has 0 aliphatic carbocycles. The Balaban J connectivity index is 1.85. The van der Waals surface area contributed by atoms with E-state index >= 15 is 0 Å². The highest BCUT2D eigenvalue weighted by molar-refractivity contribution is 6.47. The maximum atomic E-state index is 13.2. The molecule has 6 nitrogen and oxygen atoms in total. The van der Waals surface area contributed by atoms with Gasteiger partial charge in [0.2, 0.25) is 0 Å². The predicted molar refractivity (Wildman–Crippen MR) is 126 cm³/mol. The van der Waals surface area contributed by atoms with Gasteiger partial charge in [0.05, 0.1) is 28.8 Å². The van der Waals surface area contributed by atoms with Crippen LogP contribution in [0.25, 0.3) is 5.76 Å². The normalized spacial score (nSPS) is 17.5. The van der Waals surface area contributed by atoms with Crippen molar-refractivity contribution in [1.29, 1.82) is 0 Å². The second-order valence-corrected chi connectivity index (χ2v) is 8.39. The minimum atomic E-state index is -4.57. The van der Waals surface area contributed by atoms with Crippen LogP contribution in [-0.4, -0.2) is 33.3 Å². The second kappa shape index (κ2) is 10.0. The van der Waals surface area contributed by atoms with Crippen LogP contribution in [0.4, 0.5) is 13.2 Å². The summed E-state index contributed by atoms with van der Waals surface area (Å²) in [4.78, 5) is 31.4. The van der Waals surface area contributed by atoms with Gasteiger partial charge in [-0.15, -0.1) is 0 Å². The highest BCUT2D eigenvalue weighted by atomic mass is 35.5. The summed E-state index contributed by atoms with van der Waals surface area (Å²) < 4.78 is 45.2. The van der Waals surface area contributed by atoms with Crippen molar-refractivity contribution < 1.29 is 32.6 Å². The van der Waals surface area contributed by atoms with E-state index in [1.165, 1.54) is 36.7 Å². The van der Waals surface area contributed by atoms with E-state index in [0.717, 1.165) is 17.0 Å². The molecule has 0 bridgehead atoms. The van der Waals surface area contributed by atoms with Crippen LogP contribution in [-0.2, 0) is 22.3 Å². The zero-order valence-corrected chi connectivity index (χ0v) is 19.7. The van der Waals surface area contributed by atoms with E-state index in [0.29, 0.717) is 17.9 Å². The van der Waals surface area contributed by atoms with Gasteiger partial charge in [-0.1, -0.05) is 23.7 Å². The minimum absolute atomic E-state index is 0.0822. The number of carbonyl (C=O) groups excluding carboxylic acids is 2. The molecule has 1 aromatic heterocycles. The van der Waals surface area contributed by atoms with Crippen LogP contribution >= 0.6 is 11.6 Å². The summed E-state index contributed by atoms with van der Waals surface area (Å²) in [6, 6.07) is 11.1. The van der Waals surface area contributed by atoms with E-state index in [1.807, 2.05) is 0 Å². The maximum absolute atomic E-state index is 13.2. The summed E-state index contributed by atoms with van der Waals surface area (Å²) in [7, 11) is 0. The molecule has 4 rings (SSSR count). The van der Waals surface area contributed by atoms with Crippen molar-refractivity contribution in [2.75, 3.05) is 6.61 Å². The number of aliphatic hydroxyl groups excluding tert-OH is 1. The predicted octanol–water partition coefficient (Wildman–Crippen LogP) is 5.77. The second-order valence-electron chi connectivity index (χ2n) is 7.98. The number of pyridine rings is 1. The Kier molecular flexibility index (Phi) is 7.03. The van der Waals surface area contributed by atoms with E-state index in [9.17, 15) is 27.9 Å². The van der Waals surface area contributed by atoms with Gasteiger partial charge in [0, 0.05) is 24.5 Å². The Morgan fingerprint density at radius 1 is 1.11 bits per heavy atom. The number of halogens is 4. The van der Waals surface area contributed by atoms with Crippen molar-refractivity contribution in [2.45, 2.75) is 25.7 Å². The van der Waals surface area contributed by atoms with Crippen LogP contribution in [0.3, 0.4) is 0 Å². The number of carbonyl (C=O) groups is 2. The monoisotopic (exact) mass is 516 g/mol. The van der Waals surface area contributed by atoms with E-state index in [4.69, 9.17) is 16.3 Å². The number of aromatic nitrogens is 1. The van der Waals surface area contributed by atoms with E-state index < -0.39 is 35.2 Å². The van der Waals surface area contributed by atoms with Crippen molar-refractivity contribution in [1.82, 2.24) is 9.88 Å². The van der Waals surface area contributed by atoms with E-state index in [2.05, 4.69) is 4.98 Å². The van der Waals surface area contributed by atoms with Crippen molar-refractivity contribution in [3.05, 3.63) is 99.8 Å². The average Bonchev–Trinajstić information content (AvgIpc) is 3.10. The van der Waals surface area contributed by atoms with E-state index in [-0.39, 0.29) is 28.3 Å². The van der Waals surface area contributed by atoms with Crippen LogP contribution in [0.2, 0.25) is 5.02 Å². The maximum Gasteiger partial charge on any atom is 0.416 e. The number of amides is 1. The fraction of sp³-hybridized carbons (Fsp3) is 0.192. The summed E-state index contributed by atoms with van der Waals surface area (Å²) in [5, 5.41) is 11.3. The lowest BCUT2D eigenvalue weighted by molar-refractivity contribution is -0.140. The van der Waals surface area contributed by atoms with Gasteiger partial charge >= 0.3 is 6.18 Å². The van der Waals surface area contributed by atoms with Gasteiger partial charge in [-0.2, -0.15) is 13.2 Å². The molecule has 2 aromatic carbocycles. The van der Waals surface area contributed by atoms with Crippen LogP contribution in [0, 0.1) is 0 Å². The zero-order valence-electron chi connectivity index (χ0n) is 18.9. The molecular weight excluding hydrogens is 497 g/mol. The lowest BCUT2D eigenvalue weighted by Crippen LogP contribution is -2.29. The third kappa shape index (κ3) is 4.92. The minimum Gasteiger partial charge on any atom is -0.507 e. The molecule has 1 fully saturated rings. The van der Waals surface area contributed by atoms with Crippen LogP contribution in [0.5, 0.6) is 5.75 Å². The molecule has 1 N–H and O–H groups in total. The Labute approximate surface area is 209 Å². The van der Waals surface area contributed by atoms with Crippen LogP contribution in [0.15, 0.2) is 72.6 Å². The molecule has 36 heavy (non-hydrogen) atoms. The number of likely N-dealkylation sites (tertiary alicyclic amines) is 1. The summed E-state index contributed by atoms with van der Waals surface area (Å²) in [5.41, 5.74) is -0.430. The average molecular weight is 517 g/mol. The molecule has 0 spiro atoms. The number of hydrogen-bond acceptors (Lipinski definition) is 5. The largest absolute Gasteiger partial charge is 0.507 e. The van der Waals surface area contributed by atoms with Crippen molar-refractivity contribution in [3.63, 3.8) is 0 Å². The van der Waals surface area contributed by atoms with Crippen LogP contribution in [0.1, 0.15) is 35.2 Å². The zero-order chi connectivity index (χ0) is 26.0. The van der Waals surface area contributed by atoms with Gasteiger partial charge in [-0.3, -0.25) is 14.6 Å². The number of ketones is 1. The quantitative estimate of drug-likeness (QED) is 0.255. The third-order valence-corrected chi connectivity index (χ3v) is 6.00. The molecule has 0 radical (unpaired) electrons.